The number of aromatic amines is 2. The summed E-state index contributed by atoms with van der Waals surface area (Å²) in [7, 11) is 4.17. The van der Waals surface area contributed by atoms with Gasteiger partial charge in [-0.25, -0.2) is 19.6 Å². The van der Waals surface area contributed by atoms with Crippen LogP contribution in [0.4, 0.5) is 9.59 Å². The summed E-state index contributed by atoms with van der Waals surface area (Å²) in [5.74, 6) is 0.681. The standard InChI is InChI=1S/C49H56N8O7/c1-8-9-10-12-30(4)43(55-49(61)64-7)47(59)56-22-11-13-40(56)44-50-27-39(53-44)36-21-20-34-23-33(18-19-35(34)24-36)31-14-16-32(17-15-31)38-26-51-45(52-38)41-25-37(62-5)28-57(41)46(58)42(29(2)3)54-48(60)63-6/h8-10,12,14-21,23-24,26-27,29,37,40-43H,4,11,13,22,25,28H2,1-3,5-7H3,(H,50,53)(H,51,52)(H,54,60)(H,55,61)/b9-8-,12-10-/t37-,40-,41-,42-,43+/m0/s1. The van der Waals surface area contributed by atoms with E-state index in [1.807, 2.05) is 45.1 Å². The molecule has 5 aromatic rings. The molecule has 2 aliphatic heterocycles. The van der Waals surface area contributed by atoms with Crippen molar-refractivity contribution >= 4 is 34.8 Å². The molecule has 0 unspecified atom stereocenters. The normalized spacial score (nSPS) is 18.5. The van der Waals surface area contributed by atoms with Crippen LogP contribution in [0.2, 0.25) is 0 Å². The second-order valence-electron chi connectivity index (χ2n) is 16.4. The lowest BCUT2D eigenvalue weighted by molar-refractivity contribution is -0.136. The summed E-state index contributed by atoms with van der Waals surface area (Å²) in [6, 6.07) is 18.5. The molecule has 15 heteroatoms. The number of carbonyl (C=O) groups is 4. The first-order valence-electron chi connectivity index (χ1n) is 21.5. The third kappa shape index (κ3) is 9.79. The minimum Gasteiger partial charge on any atom is -0.453 e. The molecule has 5 atom stereocenters. The van der Waals surface area contributed by atoms with Crippen LogP contribution in [0.1, 0.15) is 63.8 Å². The van der Waals surface area contributed by atoms with Crippen molar-refractivity contribution in [1.82, 2.24) is 40.4 Å². The van der Waals surface area contributed by atoms with Crippen LogP contribution in [0.15, 0.2) is 110 Å². The highest BCUT2D eigenvalue weighted by molar-refractivity contribution is 5.91. The van der Waals surface area contributed by atoms with Crippen LogP contribution in [-0.4, -0.2) is 106 Å². The molecule has 4 amide bonds. The van der Waals surface area contributed by atoms with Gasteiger partial charge in [0.2, 0.25) is 5.91 Å². The van der Waals surface area contributed by atoms with Gasteiger partial charge in [0, 0.05) is 32.2 Å². The Morgan fingerprint density at radius 2 is 1.36 bits per heavy atom. The van der Waals surface area contributed by atoms with Crippen molar-refractivity contribution < 1.29 is 33.4 Å². The lowest BCUT2D eigenvalue weighted by Gasteiger charge is -2.29. The summed E-state index contributed by atoms with van der Waals surface area (Å²) < 4.78 is 15.3. The minimum atomic E-state index is -0.987. The molecule has 64 heavy (non-hydrogen) atoms. The van der Waals surface area contributed by atoms with Crippen LogP contribution in [0.25, 0.3) is 44.4 Å². The highest BCUT2D eigenvalue weighted by Crippen LogP contribution is 2.36. The molecule has 2 fully saturated rings. The van der Waals surface area contributed by atoms with Gasteiger partial charge in [0.15, 0.2) is 0 Å². The number of rotatable bonds is 14. The van der Waals surface area contributed by atoms with Crippen molar-refractivity contribution in [3.8, 4) is 33.6 Å². The number of hydrogen-bond acceptors (Lipinski definition) is 9. The number of likely N-dealkylation sites (tertiary alicyclic amines) is 2. The monoisotopic (exact) mass is 868 g/mol. The van der Waals surface area contributed by atoms with Gasteiger partial charge >= 0.3 is 12.2 Å². The molecule has 3 aromatic carbocycles. The first-order chi connectivity index (χ1) is 30.9. The zero-order valence-electron chi connectivity index (χ0n) is 37.1. The molecule has 2 saturated heterocycles. The first kappa shape index (κ1) is 45.0. The van der Waals surface area contributed by atoms with Gasteiger partial charge in [-0.15, -0.1) is 0 Å². The molecule has 0 saturated carbocycles. The Morgan fingerprint density at radius 1 is 0.766 bits per heavy atom. The van der Waals surface area contributed by atoms with Crippen LogP contribution >= 0.6 is 0 Å². The van der Waals surface area contributed by atoms with E-state index in [0.717, 1.165) is 57.3 Å². The summed E-state index contributed by atoms with van der Waals surface area (Å²) in [5, 5.41) is 7.49. The van der Waals surface area contributed by atoms with Crippen molar-refractivity contribution in [1.29, 1.82) is 0 Å². The fraction of sp³-hybridized carbons (Fsp3) is 0.347. The number of benzene rings is 3. The van der Waals surface area contributed by atoms with Gasteiger partial charge in [-0.05, 0) is 70.9 Å². The number of methoxy groups -OCH3 is 3. The molecule has 4 N–H and O–H groups in total. The first-order valence-corrected chi connectivity index (χ1v) is 21.5. The van der Waals surface area contributed by atoms with Crippen LogP contribution in [-0.2, 0) is 23.8 Å². The predicted molar refractivity (Wildman–Crippen MR) is 245 cm³/mol. The van der Waals surface area contributed by atoms with Crippen molar-refractivity contribution in [2.45, 2.75) is 70.3 Å². The van der Waals surface area contributed by atoms with Crippen molar-refractivity contribution in [3.63, 3.8) is 0 Å². The number of nitrogens with one attached hydrogen (secondary N) is 4. The largest absolute Gasteiger partial charge is 0.453 e. The lowest BCUT2D eigenvalue weighted by Crippen LogP contribution is -2.51. The Kier molecular flexibility index (Phi) is 14.1. The maximum Gasteiger partial charge on any atom is 0.407 e. The van der Waals surface area contributed by atoms with E-state index >= 15 is 0 Å². The fourth-order valence-electron chi connectivity index (χ4n) is 8.45. The molecule has 0 radical (unpaired) electrons. The summed E-state index contributed by atoms with van der Waals surface area (Å²) >= 11 is 0. The molecule has 0 aliphatic carbocycles. The summed E-state index contributed by atoms with van der Waals surface area (Å²) in [4.78, 5) is 71.8. The zero-order valence-corrected chi connectivity index (χ0v) is 37.1. The second kappa shape index (κ2) is 20.0. The molecule has 4 heterocycles. The summed E-state index contributed by atoms with van der Waals surface area (Å²) in [5.41, 5.74) is 6.13. The number of nitrogens with zero attached hydrogens (tertiary/aromatic N) is 4. The van der Waals surface area contributed by atoms with Gasteiger partial charge < -0.3 is 44.6 Å². The molecule has 334 valence electrons. The Morgan fingerprint density at radius 3 is 2.00 bits per heavy atom. The Balaban J connectivity index is 1.04. The fourth-order valence-corrected chi connectivity index (χ4v) is 8.45. The number of alkyl carbamates (subject to hydrolysis) is 2. The number of H-pyrrole nitrogens is 2. The lowest BCUT2D eigenvalue weighted by atomic mass is 9.98. The number of imidazole rings is 2. The number of ether oxygens (including phenoxy) is 3. The topological polar surface area (TPSA) is 184 Å². The van der Waals surface area contributed by atoms with Gasteiger partial charge in [-0.2, -0.15) is 0 Å². The number of fused-ring (bicyclic) bond motifs is 1. The Bertz CT molecular complexity index is 2560. The van der Waals surface area contributed by atoms with E-state index in [0.29, 0.717) is 36.7 Å². The van der Waals surface area contributed by atoms with Crippen molar-refractivity contribution in [3.05, 3.63) is 121 Å². The van der Waals surface area contributed by atoms with Crippen LogP contribution in [0.3, 0.4) is 0 Å². The van der Waals surface area contributed by atoms with Gasteiger partial charge in [0.1, 0.15) is 23.7 Å². The molecular formula is C49H56N8O7. The minimum absolute atomic E-state index is 0.159. The molecular weight excluding hydrogens is 813 g/mol. The van der Waals surface area contributed by atoms with E-state index in [4.69, 9.17) is 24.2 Å². The van der Waals surface area contributed by atoms with E-state index in [2.05, 4.69) is 75.7 Å². The number of allylic oxidation sites excluding steroid dienone is 3. The van der Waals surface area contributed by atoms with Gasteiger partial charge in [0.05, 0.1) is 56.2 Å². The number of amides is 4. The average Bonchev–Trinajstić information content (AvgIpc) is 4.16. The van der Waals surface area contributed by atoms with E-state index in [1.165, 1.54) is 14.2 Å². The Hall–Kier alpha value is -7.00. The third-order valence-electron chi connectivity index (χ3n) is 12.0. The molecule has 0 spiro atoms. The molecule has 7 rings (SSSR count). The zero-order chi connectivity index (χ0) is 45.5. The molecule has 0 bridgehead atoms. The summed E-state index contributed by atoms with van der Waals surface area (Å²) in [6.07, 6.45) is 11.3. The van der Waals surface area contributed by atoms with E-state index < -0.39 is 24.3 Å². The number of aromatic nitrogens is 4. The van der Waals surface area contributed by atoms with E-state index in [1.54, 1.807) is 41.5 Å². The quantitative estimate of drug-likeness (QED) is 0.0803. The smallest absolute Gasteiger partial charge is 0.407 e. The second-order valence-corrected chi connectivity index (χ2v) is 16.4. The number of hydrogen-bond donors (Lipinski definition) is 4. The summed E-state index contributed by atoms with van der Waals surface area (Å²) in [6.45, 7) is 10.6. The van der Waals surface area contributed by atoms with E-state index in [-0.39, 0.29) is 35.9 Å². The van der Waals surface area contributed by atoms with Crippen LogP contribution in [0.5, 0.6) is 0 Å². The molecule has 2 aromatic heterocycles. The highest BCUT2D eigenvalue weighted by atomic mass is 16.5. The Labute approximate surface area is 373 Å². The van der Waals surface area contributed by atoms with Gasteiger partial charge in [-0.3, -0.25) is 9.59 Å². The van der Waals surface area contributed by atoms with Crippen LogP contribution < -0.4 is 10.6 Å². The van der Waals surface area contributed by atoms with Crippen molar-refractivity contribution in [2.24, 2.45) is 5.92 Å². The average molecular weight is 869 g/mol. The third-order valence-corrected chi connectivity index (χ3v) is 12.0. The highest BCUT2D eigenvalue weighted by Gasteiger charge is 2.42. The van der Waals surface area contributed by atoms with Gasteiger partial charge in [0.25, 0.3) is 5.91 Å². The van der Waals surface area contributed by atoms with E-state index in [9.17, 15) is 19.2 Å². The van der Waals surface area contributed by atoms with Crippen molar-refractivity contribution in [2.75, 3.05) is 34.4 Å². The molecule has 15 nitrogen and oxygen atoms in total. The van der Waals surface area contributed by atoms with Crippen LogP contribution in [0, 0.1) is 5.92 Å². The maximum atomic E-state index is 13.9. The SMILES string of the molecule is C=C(/C=C\C=C/C)[C@@H](NC(=O)OC)C(=O)N1CCC[C@H]1c1ncc(-c2ccc3cc(-c4ccc(-c5cnc([C@@H]6C[C@H](OC)CN6C(=O)[C@@H](NC(=O)OC)C(C)C)[nH]5)cc4)ccc3c2)[nH]1. The maximum absolute atomic E-state index is 13.9. The number of carbonyl (C=O) groups excluding carboxylic acids is 4. The predicted octanol–water partition coefficient (Wildman–Crippen LogP) is 8.03. The molecule has 2 aliphatic rings. The van der Waals surface area contributed by atoms with Gasteiger partial charge in [-0.1, -0.05) is 93.3 Å².